The Morgan fingerprint density at radius 3 is 1.44 bits per heavy atom. The maximum absolute atomic E-state index is 2.50. The molecule has 64 heavy (non-hydrogen) atoms. The van der Waals surface area contributed by atoms with Crippen LogP contribution in [0, 0.1) is 0 Å². The summed E-state index contributed by atoms with van der Waals surface area (Å²) in [7, 11) is 0. The van der Waals surface area contributed by atoms with E-state index in [1.54, 1.807) is 0 Å². The van der Waals surface area contributed by atoms with E-state index in [0.29, 0.717) is 0 Å². The lowest BCUT2D eigenvalue weighted by Crippen LogP contribution is -2.21. The Morgan fingerprint density at radius 2 is 0.812 bits per heavy atom. The molecular weight excluding hydrogens is 771 g/mol. The second kappa shape index (κ2) is 15.9. The van der Waals surface area contributed by atoms with Crippen LogP contribution in [0.5, 0.6) is 0 Å². The molecule has 0 aromatic heterocycles. The van der Waals surface area contributed by atoms with Crippen LogP contribution in [0.1, 0.15) is 47.9 Å². The average molecular weight is 818 g/mol. The lowest BCUT2D eigenvalue weighted by Gasteiger charge is -2.30. The number of para-hydroxylation sites is 2. The molecule has 0 radical (unpaired) electrons. The molecule has 1 spiro atoms. The van der Waals surface area contributed by atoms with E-state index in [-0.39, 0.29) is 5.41 Å². The summed E-state index contributed by atoms with van der Waals surface area (Å²) in [5.74, 6) is 0. The zero-order chi connectivity index (χ0) is 42.5. The van der Waals surface area contributed by atoms with Crippen molar-refractivity contribution in [1.82, 2.24) is 0 Å². The molecule has 0 amide bonds. The van der Waals surface area contributed by atoms with Gasteiger partial charge in [0.1, 0.15) is 0 Å². The van der Waals surface area contributed by atoms with E-state index in [9.17, 15) is 0 Å². The maximum Gasteiger partial charge on any atom is 0.0465 e. The molecule has 0 N–H and O–H groups in total. The van der Waals surface area contributed by atoms with Crippen LogP contribution in [-0.2, 0) is 5.41 Å². The molecule has 1 heteroatoms. The van der Waals surface area contributed by atoms with Crippen LogP contribution in [0.4, 0.5) is 17.1 Å². The van der Waals surface area contributed by atoms with Crippen LogP contribution in [-0.4, -0.2) is 0 Å². The minimum Gasteiger partial charge on any atom is -0.310 e. The SMILES string of the molecule is C(=C\c1ccc2c(c1)C1(CCCC1)c1cc(N(c3ccccc3)c3ccccc3)ccc1-2)/c1ccc(-c2ccc3c(-c4ccccc4)c(-c4ccccc4)c4ccccc4c3c2)cc1. The first-order valence-electron chi connectivity index (χ1n) is 22.8. The second-order valence-electron chi connectivity index (χ2n) is 17.6. The van der Waals surface area contributed by atoms with E-state index in [4.69, 9.17) is 0 Å². The first-order valence-corrected chi connectivity index (χ1v) is 22.8. The van der Waals surface area contributed by atoms with E-state index >= 15 is 0 Å². The molecule has 10 aromatic rings. The van der Waals surface area contributed by atoms with Crippen molar-refractivity contribution in [2.24, 2.45) is 0 Å². The Morgan fingerprint density at radius 1 is 0.328 bits per heavy atom. The number of hydrogen-bond donors (Lipinski definition) is 0. The molecule has 0 heterocycles. The Hall–Kier alpha value is -7.74. The molecule has 1 nitrogen and oxygen atoms in total. The standard InChI is InChI=1S/C63H47N/c1-5-17-47(18-6-1)61-56-26-14-13-25-53(56)58-42-49(34-37-57(58)62(61)48-19-7-2-8-20-48)46-32-29-44(30-33-46)27-28-45-31-36-54-55-38-35-52(43-60(55)63(59(54)41-45)39-15-16-40-63)64(50-21-9-3-10-22-50)51-23-11-4-12-24-51/h1-14,17-38,41-43H,15-16,39-40H2/b28-27+. The van der Waals surface area contributed by atoms with Gasteiger partial charge in [0, 0.05) is 22.5 Å². The van der Waals surface area contributed by atoms with Crippen molar-refractivity contribution < 1.29 is 0 Å². The fourth-order valence-electron chi connectivity index (χ4n) is 11.0. The predicted octanol–water partition coefficient (Wildman–Crippen LogP) is 17.5. The van der Waals surface area contributed by atoms with E-state index in [1.165, 1.54) is 131 Å². The lowest BCUT2D eigenvalue weighted by molar-refractivity contribution is 0.550. The van der Waals surface area contributed by atoms with Gasteiger partial charge in [0.15, 0.2) is 0 Å². The Kier molecular flexibility index (Phi) is 9.42. The van der Waals surface area contributed by atoms with Gasteiger partial charge in [0.05, 0.1) is 0 Å². The highest BCUT2D eigenvalue weighted by molar-refractivity contribution is 6.22. The molecule has 0 atom stereocenters. The quantitative estimate of drug-likeness (QED) is 0.109. The predicted molar refractivity (Wildman–Crippen MR) is 272 cm³/mol. The largest absolute Gasteiger partial charge is 0.310 e. The van der Waals surface area contributed by atoms with Gasteiger partial charge in [-0.25, -0.2) is 0 Å². The number of hydrogen-bond acceptors (Lipinski definition) is 1. The molecule has 2 aliphatic carbocycles. The summed E-state index contributed by atoms with van der Waals surface area (Å²) in [6, 6.07) is 82.7. The first kappa shape index (κ1) is 38.0. The highest BCUT2D eigenvalue weighted by Gasteiger charge is 2.45. The third kappa shape index (κ3) is 6.47. The van der Waals surface area contributed by atoms with E-state index < -0.39 is 0 Å². The highest BCUT2D eigenvalue weighted by atomic mass is 15.1. The van der Waals surface area contributed by atoms with E-state index in [1.807, 2.05) is 0 Å². The van der Waals surface area contributed by atoms with Gasteiger partial charge in [-0.1, -0.05) is 207 Å². The van der Waals surface area contributed by atoms with Crippen LogP contribution in [0.2, 0.25) is 0 Å². The van der Waals surface area contributed by atoms with Gasteiger partial charge >= 0.3 is 0 Å². The maximum atomic E-state index is 2.50. The zero-order valence-corrected chi connectivity index (χ0v) is 35.8. The van der Waals surface area contributed by atoms with Crippen molar-refractivity contribution in [3.05, 3.63) is 247 Å². The molecule has 1 fully saturated rings. The summed E-state index contributed by atoms with van der Waals surface area (Å²) >= 11 is 0. The van der Waals surface area contributed by atoms with Crippen molar-refractivity contribution in [2.45, 2.75) is 31.1 Å². The lowest BCUT2D eigenvalue weighted by atomic mass is 9.76. The van der Waals surface area contributed by atoms with Gasteiger partial charge in [-0.2, -0.15) is 0 Å². The van der Waals surface area contributed by atoms with Gasteiger partial charge < -0.3 is 4.90 Å². The molecule has 0 saturated heterocycles. The summed E-state index contributed by atoms with van der Waals surface area (Å²) < 4.78 is 0. The molecular formula is C63H47N. The van der Waals surface area contributed by atoms with Crippen molar-refractivity contribution >= 4 is 50.8 Å². The van der Waals surface area contributed by atoms with Crippen molar-refractivity contribution in [3.63, 3.8) is 0 Å². The highest BCUT2D eigenvalue weighted by Crippen LogP contribution is 2.58. The minimum absolute atomic E-state index is 0.0430. The summed E-state index contributed by atoms with van der Waals surface area (Å²) in [5.41, 5.74) is 19.3. The number of benzene rings is 10. The third-order valence-electron chi connectivity index (χ3n) is 14.0. The molecule has 0 unspecified atom stereocenters. The molecule has 12 rings (SSSR count). The fourth-order valence-corrected chi connectivity index (χ4v) is 11.0. The summed E-state index contributed by atoms with van der Waals surface area (Å²) in [4.78, 5) is 2.40. The van der Waals surface area contributed by atoms with E-state index in [2.05, 4.69) is 242 Å². The van der Waals surface area contributed by atoms with Crippen LogP contribution < -0.4 is 4.90 Å². The number of anilines is 3. The van der Waals surface area contributed by atoms with Crippen molar-refractivity contribution in [2.75, 3.05) is 4.90 Å². The third-order valence-corrected chi connectivity index (χ3v) is 14.0. The van der Waals surface area contributed by atoms with E-state index in [0.717, 1.165) is 0 Å². The molecule has 0 bridgehead atoms. The van der Waals surface area contributed by atoms with Gasteiger partial charge in [0.25, 0.3) is 0 Å². The molecule has 304 valence electrons. The Labute approximate surface area is 376 Å². The van der Waals surface area contributed by atoms with Crippen LogP contribution >= 0.6 is 0 Å². The average Bonchev–Trinajstić information content (AvgIpc) is 3.97. The van der Waals surface area contributed by atoms with Crippen LogP contribution in [0.3, 0.4) is 0 Å². The van der Waals surface area contributed by atoms with Gasteiger partial charge in [-0.3, -0.25) is 0 Å². The Balaban J connectivity index is 0.866. The van der Waals surface area contributed by atoms with Crippen molar-refractivity contribution in [1.29, 1.82) is 0 Å². The summed E-state index contributed by atoms with van der Waals surface area (Å²) in [5, 5.41) is 5.09. The summed E-state index contributed by atoms with van der Waals surface area (Å²) in [6.45, 7) is 0. The zero-order valence-electron chi connectivity index (χ0n) is 35.8. The van der Waals surface area contributed by atoms with Crippen LogP contribution in [0.25, 0.3) is 78.2 Å². The monoisotopic (exact) mass is 817 g/mol. The second-order valence-corrected chi connectivity index (χ2v) is 17.6. The summed E-state index contributed by atoms with van der Waals surface area (Å²) in [6.07, 6.45) is 9.47. The van der Waals surface area contributed by atoms with Gasteiger partial charge in [0.2, 0.25) is 0 Å². The van der Waals surface area contributed by atoms with Gasteiger partial charge in [-0.15, -0.1) is 0 Å². The number of fused-ring (bicyclic) bond motifs is 8. The molecule has 2 aliphatic rings. The van der Waals surface area contributed by atoms with Gasteiger partial charge in [-0.05, 0) is 144 Å². The van der Waals surface area contributed by atoms with Crippen molar-refractivity contribution in [3.8, 4) is 44.5 Å². The fraction of sp³-hybridized carbons (Fsp3) is 0.0794. The smallest absolute Gasteiger partial charge is 0.0465 e. The Bertz CT molecular complexity index is 3300. The number of rotatable bonds is 8. The molecule has 0 aliphatic heterocycles. The number of nitrogens with zero attached hydrogens (tertiary/aromatic N) is 1. The molecule has 1 saturated carbocycles. The minimum atomic E-state index is 0.0430. The normalized spacial score (nSPS) is 13.8. The first-order chi connectivity index (χ1) is 31.7. The molecule has 10 aromatic carbocycles. The van der Waals surface area contributed by atoms with Crippen LogP contribution in [0.15, 0.2) is 224 Å². The topological polar surface area (TPSA) is 3.24 Å².